The fourth-order valence-corrected chi connectivity index (χ4v) is 2.75. The molecule has 5 N–H and O–H groups in total. The van der Waals surface area contributed by atoms with Crippen molar-refractivity contribution in [3.63, 3.8) is 0 Å². The fourth-order valence-electron chi connectivity index (χ4n) is 2.56. The van der Waals surface area contributed by atoms with Crippen LogP contribution in [0.25, 0.3) is 0 Å². The lowest BCUT2D eigenvalue weighted by Gasteiger charge is -2.32. The summed E-state index contributed by atoms with van der Waals surface area (Å²) >= 11 is 6.09. The first-order valence-corrected chi connectivity index (χ1v) is 8.99. The highest BCUT2D eigenvalue weighted by Gasteiger charge is 2.28. The normalized spacial score (nSPS) is 12.4. The number of nitrogens with two attached hydrogens (primary N) is 1. The molecule has 0 bridgehead atoms. The molecule has 0 saturated carbocycles. The Labute approximate surface area is 173 Å². The van der Waals surface area contributed by atoms with Crippen LogP contribution in [0.4, 0.5) is 0 Å². The van der Waals surface area contributed by atoms with Gasteiger partial charge in [0.15, 0.2) is 0 Å². The molecule has 29 heavy (non-hydrogen) atoms. The minimum Gasteiger partial charge on any atom is -0.478 e. The third kappa shape index (κ3) is 9.05. The number of hydrogen-bond acceptors (Lipinski definition) is 4. The summed E-state index contributed by atoms with van der Waals surface area (Å²) in [7, 11) is 0. The van der Waals surface area contributed by atoms with Gasteiger partial charge in [0.25, 0.3) is 0 Å². The van der Waals surface area contributed by atoms with E-state index in [1.807, 2.05) is 61.5 Å². The van der Waals surface area contributed by atoms with E-state index in [2.05, 4.69) is 5.32 Å². The minimum atomic E-state index is -1.26. The summed E-state index contributed by atoms with van der Waals surface area (Å²) in [6, 6.07) is 17.6. The van der Waals surface area contributed by atoms with E-state index in [-0.39, 0.29) is 12.5 Å². The first-order chi connectivity index (χ1) is 13.7. The van der Waals surface area contributed by atoms with Gasteiger partial charge in [-0.15, -0.1) is 0 Å². The number of benzene rings is 2. The van der Waals surface area contributed by atoms with Crippen LogP contribution in [-0.4, -0.2) is 34.6 Å². The molecule has 0 aromatic heterocycles. The summed E-state index contributed by atoms with van der Waals surface area (Å²) in [4.78, 5) is 30.9. The maximum atomic E-state index is 11.8. The Morgan fingerprint density at radius 2 is 1.62 bits per heavy atom. The lowest BCUT2D eigenvalue weighted by Crippen LogP contribution is -2.47. The number of carbonyl (C=O) groups is 3. The second-order valence-corrected chi connectivity index (χ2v) is 6.70. The third-order valence-electron chi connectivity index (χ3n) is 3.83. The van der Waals surface area contributed by atoms with Gasteiger partial charge in [-0.3, -0.25) is 4.79 Å². The van der Waals surface area contributed by atoms with Gasteiger partial charge in [0, 0.05) is 17.2 Å². The highest BCUT2D eigenvalue weighted by molar-refractivity contribution is 6.30. The molecule has 0 heterocycles. The molecule has 7 nitrogen and oxygen atoms in total. The van der Waals surface area contributed by atoms with Crippen molar-refractivity contribution in [1.82, 2.24) is 5.32 Å². The Kier molecular flexibility index (Phi) is 9.58. The van der Waals surface area contributed by atoms with Crippen molar-refractivity contribution in [2.45, 2.75) is 18.9 Å². The zero-order valence-corrected chi connectivity index (χ0v) is 16.6. The number of carboxylic acid groups (broad SMARTS) is 2. The van der Waals surface area contributed by atoms with Gasteiger partial charge in [-0.2, -0.15) is 0 Å². The van der Waals surface area contributed by atoms with E-state index in [4.69, 9.17) is 27.5 Å². The van der Waals surface area contributed by atoms with Crippen molar-refractivity contribution >= 4 is 29.4 Å². The second-order valence-electron chi connectivity index (χ2n) is 6.27. The lowest BCUT2D eigenvalue weighted by atomic mass is 9.85. The Bertz CT molecular complexity index is 854. The van der Waals surface area contributed by atoms with Gasteiger partial charge >= 0.3 is 11.9 Å². The van der Waals surface area contributed by atoms with E-state index >= 15 is 0 Å². The molecule has 0 fully saturated rings. The molecule has 1 atom stereocenters. The van der Waals surface area contributed by atoms with Gasteiger partial charge in [-0.25, -0.2) is 9.59 Å². The molecule has 1 amide bonds. The van der Waals surface area contributed by atoms with Crippen molar-refractivity contribution in [2.75, 3.05) is 6.54 Å². The molecule has 2 aromatic carbocycles. The Morgan fingerprint density at radius 1 is 1.03 bits per heavy atom. The topological polar surface area (TPSA) is 130 Å². The summed E-state index contributed by atoms with van der Waals surface area (Å²) in [6.45, 7) is 1.95. The van der Waals surface area contributed by atoms with E-state index in [9.17, 15) is 14.4 Å². The van der Waals surface area contributed by atoms with Crippen LogP contribution >= 0.6 is 11.6 Å². The second kappa shape index (κ2) is 11.6. The van der Waals surface area contributed by atoms with E-state index in [1.165, 1.54) is 0 Å². The summed E-state index contributed by atoms with van der Waals surface area (Å²) in [6.07, 6.45) is 1.78. The standard InChI is InChI=1S/C17H19ClN2O.C4H4O4/c1-17(20-16(21)12-19,11-13-6-3-2-4-7-13)14-8-5-9-15(18)10-14;5-3(6)1-2-4(7)8/h2-10H,11-12,19H2,1H3,(H,20,21);1-2H,(H,5,6)(H,7,8)/b;2-1-. The van der Waals surface area contributed by atoms with Crippen molar-refractivity contribution in [3.8, 4) is 0 Å². The maximum Gasteiger partial charge on any atom is 0.328 e. The van der Waals surface area contributed by atoms with E-state index in [1.54, 1.807) is 0 Å². The molecule has 2 aromatic rings. The first-order valence-electron chi connectivity index (χ1n) is 8.61. The summed E-state index contributed by atoms with van der Waals surface area (Å²) in [5.41, 5.74) is 6.98. The third-order valence-corrected chi connectivity index (χ3v) is 4.07. The van der Waals surface area contributed by atoms with E-state index in [0.717, 1.165) is 11.1 Å². The molecule has 1 unspecified atom stereocenters. The van der Waals surface area contributed by atoms with Crippen LogP contribution in [0.5, 0.6) is 0 Å². The van der Waals surface area contributed by atoms with Crippen LogP contribution < -0.4 is 11.1 Å². The van der Waals surface area contributed by atoms with Crippen LogP contribution in [0.15, 0.2) is 66.7 Å². The van der Waals surface area contributed by atoms with Crippen LogP contribution in [0.3, 0.4) is 0 Å². The number of rotatable bonds is 7. The van der Waals surface area contributed by atoms with Gasteiger partial charge in [0.2, 0.25) is 5.91 Å². The molecule has 0 aliphatic heterocycles. The molecule has 0 aliphatic carbocycles. The highest BCUT2D eigenvalue weighted by atomic mass is 35.5. The van der Waals surface area contributed by atoms with Gasteiger partial charge < -0.3 is 21.3 Å². The molecule has 154 valence electrons. The average Bonchev–Trinajstić information content (AvgIpc) is 2.67. The minimum absolute atomic E-state index is 0.0368. The average molecular weight is 419 g/mol. The quantitative estimate of drug-likeness (QED) is 0.511. The predicted molar refractivity (Wildman–Crippen MR) is 111 cm³/mol. The van der Waals surface area contributed by atoms with Crippen molar-refractivity contribution < 1.29 is 24.6 Å². The Hall–Kier alpha value is -3.16. The molecule has 2 rings (SSSR count). The van der Waals surface area contributed by atoms with Crippen molar-refractivity contribution in [3.05, 3.63) is 82.9 Å². The number of carboxylic acids is 2. The predicted octanol–water partition coefficient (Wildman–Crippen LogP) is 2.58. The molecule has 0 saturated heterocycles. The molecule has 0 spiro atoms. The van der Waals surface area contributed by atoms with Crippen molar-refractivity contribution in [2.24, 2.45) is 5.73 Å². The lowest BCUT2D eigenvalue weighted by molar-refractivity contribution is -0.134. The monoisotopic (exact) mass is 418 g/mol. The number of amides is 1. The largest absolute Gasteiger partial charge is 0.478 e. The highest BCUT2D eigenvalue weighted by Crippen LogP contribution is 2.27. The molecule has 0 aliphatic rings. The summed E-state index contributed by atoms with van der Waals surface area (Å²) in [5.74, 6) is -2.70. The van der Waals surface area contributed by atoms with Crippen LogP contribution in [-0.2, 0) is 26.3 Å². The summed E-state index contributed by atoms with van der Waals surface area (Å²) < 4.78 is 0. The van der Waals surface area contributed by atoms with Gasteiger partial charge in [0.1, 0.15) is 0 Å². The van der Waals surface area contributed by atoms with Crippen molar-refractivity contribution in [1.29, 1.82) is 0 Å². The first kappa shape index (κ1) is 23.9. The zero-order chi connectivity index (χ0) is 21.9. The van der Waals surface area contributed by atoms with Gasteiger partial charge in [-0.1, -0.05) is 54.1 Å². The number of hydrogen-bond donors (Lipinski definition) is 4. The SMILES string of the molecule is CC(Cc1ccccc1)(NC(=O)CN)c1cccc(Cl)c1.O=C(O)/C=C\C(=O)O. The van der Waals surface area contributed by atoms with E-state index in [0.29, 0.717) is 23.6 Å². The molecular weight excluding hydrogens is 396 g/mol. The molecular formula is C21H23ClN2O5. The number of halogens is 1. The number of aliphatic carboxylic acids is 2. The molecule has 0 radical (unpaired) electrons. The molecule has 8 heteroatoms. The number of carbonyl (C=O) groups excluding carboxylic acids is 1. The number of nitrogens with one attached hydrogen (secondary N) is 1. The van der Waals surface area contributed by atoms with Crippen LogP contribution in [0.2, 0.25) is 5.02 Å². The maximum absolute atomic E-state index is 11.8. The smallest absolute Gasteiger partial charge is 0.328 e. The van der Waals surface area contributed by atoms with Gasteiger partial charge in [0.05, 0.1) is 12.1 Å². The Morgan fingerprint density at radius 3 is 2.10 bits per heavy atom. The summed E-state index contributed by atoms with van der Waals surface area (Å²) in [5, 5.41) is 19.3. The zero-order valence-electron chi connectivity index (χ0n) is 15.8. The van der Waals surface area contributed by atoms with Gasteiger partial charge in [-0.05, 0) is 36.6 Å². The fraction of sp³-hybridized carbons (Fsp3) is 0.190. The Balaban J connectivity index is 0.000000447. The van der Waals surface area contributed by atoms with Crippen LogP contribution in [0.1, 0.15) is 18.1 Å². The van der Waals surface area contributed by atoms with Crippen LogP contribution in [0, 0.1) is 0 Å². The van der Waals surface area contributed by atoms with E-state index < -0.39 is 17.5 Å².